The molecule has 0 N–H and O–H groups in total. The Morgan fingerprint density at radius 1 is 1.21 bits per heavy atom. The molecule has 100 valence electrons. The number of carbonyl (C=O) groups excluding carboxylic acids is 1. The van der Waals surface area contributed by atoms with E-state index < -0.39 is 11.7 Å². The fraction of sp³-hybridized carbons (Fsp3) is 0.214. The molecular formula is C14H11F3OS. The minimum atomic E-state index is -4.32. The highest BCUT2D eigenvalue weighted by Gasteiger charge is 2.30. The van der Waals surface area contributed by atoms with Gasteiger partial charge in [0.2, 0.25) is 0 Å². The molecule has 0 aliphatic rings. The Morgan fingerprint density at radius 2 is 1.84 bits per heavy atom. The highest BCUT2D eigenvalue weighted by atomic mass is 32.1. The van der Waals surface area contributed by atoms with Crippen molar-refractivity contribution in [3.63, 3.8) is 0 Å². The average molecular weight is 284 g/mol. The predicted octanol–water partition coefficient (Wildman–Crippen LogP) is 4.81. The van der Waals surface area contributed by atoms with Crippen molar-refractivity contribution in [3.8, 4) is 10.4 Å². The van der Waals surface area contributed by atoms with Crippen LogP contribution in [-0.2, 0) is 12.6 Å². The highest BCUT2D eigenvalue weighted by Crippen LogP contribution is 2.34. The van der Waals surface area contributed by atoms with E-state index in [4.69, 9.17) is 0 Å². The van der Waals surface area contributed by atoms with Gasteiger partial charge in [0.1, 0.15) is 0 Å². The van der Waals surface area contributed by atoms with Crippen LogP contribution in [0.2, 0.25) is 0 Å². The predicted molar refractivity (Wildman–Crippen MR) is 69.5 cm³/mol. The second-order valence-corrected chi connectivity index (χ2v) is 5.13. The molecule has 0 bridgehead atoms. The van der Waals surface area contributed by atoms with Gasteiger partial charge in [0.15, 0.2) is 6.29 Å². The van der Waals surface area contributed by atoms with Crippen molar-refractivity contribution in [1.82, 2.24) is 0 Å². The number of aryl methyl sites for hydroxylation is 1. The molecule has 1 heterocycles. The molecule has 0 aliphatic carbocycles. The molecule has 0 saturated heterocycles. The Bertz CT molecular complexity index is 582. The first-order valence-electron chi connectivity index (χ1n) is 5.71. The van der Waals surface area contributed by atoms with Gasteiger partial charge in [-0.15, -0.1) is 11.3 Å². The maximum atomic E-state index is 12.5. The number of halogens is 3. The second kappa shape index (κ2) is 5.17. The lowest BCUT2D eigenvalue weighted by Gasteiger charge is -2.06. The van der Waals surface area contributed by atoms with Crippen molar-refractivity contribution in [3.05, 3.63) is 46.3 Å². The average Bonchev–Trinajstić information content (AvgIpc) is 2.81. The van der Waals surface area contributed by atoms with E-state index in [1.54, 1.807) is 0 Å². The summed E-state index contributed by atoms with van der Waals surface area (Å²) >= 11 is 1.30. The van der Waals surface area contributed by atoms with Crippen molar-refractivity contribution in [2.45, 2.75) is 19.5 Å². The van der Waals surface area contributed by atoms with Gasteiger partial charge in [-0.25, -0.2) is 0 Å². The van der Waals surface area contributed by atoms with Crippen LogP contribution in [-0.4, -0.2) is 6.29 Å². The molecule has 2 rings (SSSR count). The Morgan fingerprint density at radius 3 is 2.26 bits per heavy atom. The molecule has 0 unspecified atom stereocenters. The lowest BCUT2D eigenvalue weighted by molar-refractivity contribution is -0.137. The van der Waals surface area contributed by atoms with Crippen LogP contribution in [0, 0.1) is 0 Å². The Labute approximate surface area is 112 Å². The summed E-state index contributed by atoms with van der Waals surface area (Å²) in [5.74, 6) is 0. The molecule has 0 fully saturated rings. The first-order valence-corrected chi connectivity index (χ1v) is 6.53. The number of alkyl halides is 3. The Hall–Kier alpha value is -1.62. The van der Waals surface area contributed by atoms with E-state index in [-0.39, 0.29) is 0 Å². The monoisotopic (exact) mass is 284 g/mol. The zero-order chi connectivity index (χ0) is 14.0. The third-order valence-electron chi connectivity index (χ3n) is 2.83. The summed E-state index contributed by atoms with van der Waals surface area (Å²) in [5, 5.41) is 0. The Kier molecular flexibility index (Phi) is 3.75. The van der Waals surface area contributed by atoms with Gasteiger partial charge in [0, 0.05) is 4.88 Å². The zero-order valence-corrected chi connectivity index (χ0v) is 10.9. The van der Waals surface area contributed by atoms with Gasteiger partial charge in [-0.05, 0) is 35.7 Å². The fourth-order valence-corrected chi connectivity index (χ4v) is 2.86. The van der Waals surface area contributed by atoms with E-state index in [1.807, 2.05) is 13.0 Å². The third-order valence-corrected chi connectivity index (χ3v) is 3.98. The molecule has 0 aliphatic heterocycles. The number of hydrogen-bond acceptors (Lipinski definition) is 2. The summed E-state index contributed by atoms with van der Waals surface area (Å²) in [5.41, 5.74) is 0.954. The van der Waals surface area contributed by atoms with Crippen LogP contribution in [0.25, 0.3) is 10.4 Å². The van der Waals surface area contributed by atoms with Crippen LogP contribution in [0.15, 0.2) is 30.3 Å². The quantitative estimate of drug-likeness (QED) is 0.739. The van der Waals surface area contributed by atoms with Crippen LogP contribution < -0.4 is 0 Å². The van der Waals surface area contributed by atoms with E-state index in [1.165, 1.54) is 23.5 Å². The van der Waals surface area contributed by atoms with E-state index in [0.717, 1.165) is 35.3 Å². The molecule has 0 saturated carbocycles. The smallest absolute Gasteiger partial charge is 0.297 e. The first kappa shape index (κ1) is 13.8. The Balaban J connectivity index is 2.37. The summed E-state index contributed by atoms with van der Waals surface area (Å²) in [6, 6.07) is 6.84. The number of rotatable bonds is 3. The van der Waals surface area contributed by atoms with Gasteiger partial charge in [-0.2, -0.15) is 13.2 Å². The number of hydrogen-bond donors (Lipinski definition) is 0. The highest BCUT2D eigenvalue weighted by molar-refractivity contribution is 7.17. The summed E-state index contributed by atoms with van der Waals surface area (Å²) in [6.45, 7) is 1.94. The molecule has 1 aromatic heterocycles. The summed E-state index contributed by atoms with van der Waals surface area (Å²) in [4.78, 5) is 12.3. The molecule has 1 aromatic carbocycles. The third kappa shape index (κ3) is 2.87. The van der Waals surface area contributed by atoms with Gasteiger partial charge in [0.25, 0.3) is 0 Å². The van der Waals surface area contributed by atoms with Crippen molar-refractivity contribution < 1.29 is 18.0 Å². The van der Waals surface area contributed by atoms with Crippen molar-refractivity contribution in [2.24, 2.45) is 0 Å². The molecule has 0 radical (unpaired) electrons. The fourth-order valence-electron chi connectivity index (χ4n) is 1.78. The molecule has 5 heteroatoms. The second-order valence-electron chi connectivity index (χ2n) is 4.05. The molecule has 0 spiro atoms. The van der Waals surface area contributed by atoms with Crippen molar-refractivity contribution in [1.29, 1.82) is 0 Å². The number of aldehydes is 1. The molecule has 0 amide bonds. The number of benzene rings is 1. The largest absolute Gasteiger partial charge is 0.416 e. The lowest BCUT2D eigenvalue weighted by Crippen LogP contribution is -2.03. The summed E-state index contributed by atoms with van der Waals surface area (Å²) in [6.07, 6.45) is -2.81. The maximum absolute atomic E-state index is 12.5. The van der Waals surface area contributed by atoms with E-state index in [2.05, 4.69) is 0 Å². The van der Waals surface area contributed by atoms with Crippen LogP contribution in [0.4, 0.5) is 13.2 Å². The van der Waals surface area contributed by atoms with Crippen LogP contribution in [0.1, 0.15) is 27.7 Å². The van der Waals surface area contributed by atoms with Crippen molar-refractivity contribution in [2.75, 3.05) is 0 Å². The zero-order valence-electron chi connectivity index (χ0n) is 10.1. The molecule has 0 atom stereocenters. The normalized spacial score (nSPS) is 11.6. The number of carbonyl (C=O) groups is 1. The summed E-state index contributed by atoms with van der Waals surface area (Å²) < 4.78 is 37.4. The molecular weight excluding hydrogens is 273 g/mol. The van der Waals surface area contributed by atoms with Gasteiger partial charge in [0.05, 0.1) is 10.4 Å². The minimum Gasteiger partial charge on any atom is -0.297 e. The van der Waals surface area contributed by atoms with Gasteiger partial charge < -0.3 is 0 Å². The lowest BCUT2D eigenvalue weighted by atomic mass is 10.1. The molecule has 2 aromatic rings. The number of thiophene rings is 1. The standard InChI is InChI=1S/C14H11F3OS/c1-2-9-7-12(19-13(9)8-18)10-3-5-11(6-4-10)14(15,16)17/h3-8H,2H2,1H3. The van der Waals surface area contributed by atoms with Gasteiger partial charge in [-0.3, -0.25) is 4.79 Å². The molecule has 19 heavy (non-hydrogen) atoms. The van der Waals surface area contributed by atoms with E-state index in [0.29, 0.717) is 10.4 Å². The van der Waals surface area contributed by atoms with E-state index in [9.17, 15) is 18.0 Å². The van der Waals surface area contributed by atoms with Crippen LogP contribution in [0.3, 0.4) is 0 Å². The minimum absolute atomic E-state index is 0.636. The maximum Gasteiger partial charge on any atom is 0.416 e. The first-order chi connectivity index (χ1) is 8.95. The topological polar surface area (TPSA) is 17.1 Å². The van der Waals surface area contributed by atoms with Crippen molar-refractivity contribution >= 4 is 17.6 Å². The van der Waals surface area contributed by atoms with Crippen LogP contribution >= 0.6 is 11.3 Å². The van der Waals surface area contributed by atoms with Gasteiger partial charge in [-0.1, -0.05) is 19.1 Å². The SMILES string of the molecule is CCc1cc(-c2ccc(C(F)(F)F)cc2)sc1C=O. The van der Waals surface area contributed by atoms with Crippen LogP contribution in [0.5, 0.6) is 0 Å². The molecule has 1 nitrogen and oxygen atoms in total. The summed E-state index contributed by atoms with van der Waals surface area (Å²) in [7, 11) is 0. The van der Waals surface area contributed by atoms with Gasteiger partial charge >= 0.3 is 6.18 Å². The van der Waals surface area contributed by atoms with E-state index >= 15 is 0 Å².